The van der Waals surface area contributed by atoms with Crippen LogP contribution in [-0.2, 0) is 4.79 Å². The van der Waals surface area contributed by atoms with Crippen molar-refractivity contribution in [1.82, 2.24) is 15.4 Å². The molecule has 0 saturated heterocycles. The van der Waals surface area contributed by atoms with Crippen LogP contribution in [0.1, 0.15) is 17.5 Å². The van der Waals surface area contributed by atoms with Crippen molar-refractivity contribution in [2.75, 3.05) is 20.6 Å². The van der Waals surface area contributed by atoms with Crippen molar-refractivity contribution >= 4 is 11.8 Å². The summed E-state index contributed by atoms with van der Waals surface area (Å²) in [5, 5.41) is 6.42. The standard InChI is InChI=1S/C16H18FN3O3/c1-10(16(22)20(2)3)9-18-15(21)14-8-13(19-23-14)11-4-6-12(17)7-5-11/h4-8,10H,9H2,1-3H3,(H,18,21). The minimum Gasteiger partial charge on any atom is -0.350 e. The van der Waals surface area contributed by atoms with Crippen LogP contribution in [0.4, 0.5) is 4.39 Å². The Kier molecular flexibility index (Phi) is 5.10. The van der Waals surface area contributed by atoms with Gasteiger partial charge in [0.1, 0.15) is 11.5 Å². The number of halogens is 1. The molecule has 1 heterocycles. The maximum atomic E-state index is 12.9. The fourth-order valence-corrected chi connectivity index (χ4v) is 2.00. The molecule has 0 aliphatic carbocycles. The predicted molar refractivity (Wildman–Crippen MR) is 82.1 cm³/mol. The van der Waals surface area contributed by atoms with Crippen LogP contribution < -0.4 is 5.32 Å². The van der Waals surface area contributed by atoms with E-state index in [1.807, 2.05) is 0 Å². The normalized spacial score (nSPS) is 11.8. The number of amides is 2. The number of aromatic nitrogens is 1. The molecule has 1 N–H and O–H groups in total. The molecule has 122 valence electrons. The molecular weight excluding hydrogens is 301 g/mol. The highest BCUT2D eigenvalue weighted by molar-refractivity contribution is 5.92. The van der Waals surface area contributed by atoms with Crippen LogP contribution in [0.5, 0.6) is 0 Å². The van der Waals surface area contributed by atoms with Crippen molar-refractivity contribution < 1.29 is 18.5 Å². The maximum Gasteiger partial charge on any atom is 0.289 e. The van der Waals surface area contributed by atoms with E-state index in [9.17, 15) is 14.0 Å². The maximum absolute atomic E-state index is 12.9. The van der Waals surface area contributed by atoms with Crippen molar-refractivity contribution in [3.8, 4) is 11.3 Å². The van der Waals surface area contributed by atoms with Crippen molar-refractivity contribution in [2.24, 2.45) is 5.92 Å². The number of hydrogen-bond acceptors (Lipinski definition) is 4. The Labute approximate surface area is 133 Å². The molecule has 0 aliphatic heterocycles. The van der Waals surface area contributed by atoms with Crippen LogP contribution in [-0.4, -0.2) is 42.5 Å². The first-order valence-electron chi connectivity index (χ1n) is 7.10. The summed E-state index contributed by atoms with van der Waals surface area (Å²) in [6.07, 6.45) is 0. The molecule has 2 amide bonds. The van der Waals surface area contributed by atoms with E-state index in [-0.39, 0.29) is 29.9 Å². The third kappa shape index (κ3) is 4.15. The predicted octanol–water partition coefficient (Wildman–Crippen LogP) is 1.93. The van der Waals surface area contributed by atoms with Crippen molar-refractivity contribution in [3.05, 3.63) is 41.9 Å². The number of nitrogens with one attached hydrogen (secondary N) is 1. The van der Waals surface area contributed by atoms with E-state index < -0.39 is 5.91 Å². The van der Waals surface area contributed by atoms with Crippen molar-refractivity contribution in [3.63, 3.8) is 0 Å². The highest BCUT2D eigenvalue weighted by Gasteiger charge is 2.18. The van der Waals surface area contributed by atoms with Gasteiger partial charge in [-0.2, -0.15) is 0 Å². The zero-order valence-corrected chi connectivity index (χ0v) is 13.2. The highest BCUT2D eigenvalue weighted by Crippen LogP contribution is 2.19. The third-order valence-electron chi connectivity index (χ3n) is 3.31. The SMILES string of the molecule is CC(CNC(=O)c1cc(-c2ccc(F)cc2)no1)C(=O)N(C)C. The van der Waals surface area contributed by atoms with Crippen LogP contribution in [0, 0.1) is 11.7 Å². The largest absolute Gasteiger partial charge is 0.350 e. The molecule has 0 radical (unpaired) electrons. The molecule has 23 heavy (non-hydrogen) atoms. The number of carbonyl (C=O) groups is 2. The molecule has 0 fully saturated rings. The smallest absolute Gasteiger partial charge is 0.289 e. The fourth-order valence-electron chi connectivity index (χ4n) is 2.00. The van der Waals surface area contributed by atoms with Gasteiger partial charge in [0.25, 0.3) is 5.91 Å². The highest BCUT2D eigenvalue weighted by atomic mass is 19.1. The van der Waals surface area contributed by atoms with E-state index in [1.165, 1.54) is 23.1 Å². The summed E-state index contributed by atoms with van der Waals surface area (Å²) in [4.78, 5) is 25.2. The summed E-state index contributed by atoms with van der Waals surface area (Å²) < 4.78 is 17.9. The van der Waals surface area contributed by atoms with Gasteiger partial charge in [0.05, 0.1) is 5.92 Å². The summed E-state index contributed by atoms with van der Waals surface area (Å²) in [6, 6.07) is 7.18. The van der Waals surface area contributed by atoms with Gasteiger partial charge in [-0.1, -0.05) is 12.1 Å². The molecule has 1 aromatic carbocycles. The Balaban J connectivity index is 1.99. The van der Waals surface area contributed by atoms with E-state index in [0.29, 0.717) is 11.3 Å². The summed E-state index contributed by atoms with van der Waals surface area (Å²) in [6.45, 7) is 1.93. The lowest BCUT2D eigenvalue weighted by Gasteiger charge is -2.16. The summed E-state index contributed by atoms with van der Waals surface area (Å²) in [5.74, 6) is -1.18. The van der Waals surface area contributed by atoms with E-state index in [1.54, 1.807) is 33.2 Å². The first-order chi connectivity index (χ1) is 10.9. The van der Waals surface area contributed by atoms with Crippen LogP contribution in [0.3, 0.4) is 0 Å². The molecule has 2 rings (SSSR count). The molecule has 7 heteroatoms. The lowest BCUT2D eigenvalue weighted by Crippen LogP contribution is -2.36. The fraction of sp³-hybridized carbons (Fsp3) is 0.312. The summed E-state index contributed by atoms with van der Waals surface area (Å²) in [7, 11) is 3.32. The Hall–Kier alpha value is -2.70. The molecule has 6 nitrogen and oxygen atoms in total. The number of hydrogen-bond donors (Lipinski definition) is 1. The summed E-state index contributed by atoms with van der Waals surface area (Å²) in [5.41, 5.74) is 1.08. The quantitative estimate of drug-likeness (QED) is 0.914. The molecule has 1 atom stereocenters. The second-order valence-corrected chi connectivity index (χ2v) is 5.43. The molecule has 0 aliphatic rings. The Morgan fingerprint density at radius 3 is 2.57 bits per heavy atom. The van der Waals surface area contributed by atoms with Crippen molar-refractivity contribution in [2.45, 2.75) is 6.92 Å². The molecule has 0 bridgehead atoms. The minimum atomic E-state index is -0.454. The first kappa shape index (κ1) is 16.7. The monoisotopic (exact) mass is 319 g/mol. The van der Waals surface area contributed by atoms with Gasteiger partial charge in [-0.3, -0.25) is 9.59 Å². The number of rotatable bonds is 5. The van der Waals surface area contributed by atoms with Gasteiger partial charge in [0, 0.05) is 32.3 Å². The molecule has 0 spiro atoms. The average molecular weight is 319 g/mol. The van der Waals surface area contributed by atoms with Gasteiger partial charge in [-0.05, 0) is 24.3 Å². The number of carbonyl (C=O) groups excluding carboxylic acids is 2. The van der Waals surface area contributed by atoms with Gasteiger partial charge in [-0.25, -0.2) is 4.39 Å². The number of benzene rings is 1. The second-order valence-electron chi connectivity index (χ2n) is 5.43. The van der Waals surface area contributed by atoms with Gasteiger partial charge < -0.3 is 14.7 Å². The van der Waals surface area contributed by atoms with E-state index in [4.69, 9.17) is 4.52 Å². The van der Waals surface area contributed by atoms with Gasteiger partial charge in [0.2, 0.25) is 11.7 Å². The third-order valence-corrected chi connectivity index (χ3v) is 3.31. The molecule has 2 aromatic rings. The van der Waals surface area contributed by atoms with E-state index in [0.717, 1.165) is 0 Å². The topological polar surface area (TPSA) is 75.4 Å². The summed E-state index contributed by atoms with van der Waals surface area (Å²) >= 11 is 0. The van der Waals surface area contributed by atoms with Gasteiger partial charge >= 0.3 is 0 Å². The molecule has 0 saturated carbocycles. The second kappa shape index (κ2) is 7.04. The zero-order chi connectivity index (χ0) is 17.0. The van der Waals surface area contributed by atoms with Gasteiger partial charge in [-0.15, -0.1) is 0 Å². The minimum absolute atomic E-state index is 0.0360. The van der Waals surface area contributed by atoms with E-state index in [2.05, 4.69) is 10.5 Å². The molecule has 1 aromatic heterocycles. The van der Waals surface area contributed by atoms with E-state index >= 15 is 0 Å². The number of nitrogens with zero attached hydrogens (tertiary/aromatic N) is 2. The molecular formula is C16H18FN3O3. The Morgan fingerprint density at radius 2 is 1.96 bits per heavy atom. The van der Waals surface area contributed by atoms with Crippen LogP contribution in [0.25, 0.3) is 11.3 Å². The van der Waals surface area contributed by atoms with Crippen LogP contribution in [0.15, 0.2) is 34.9 Å². The van der Waals surface area contributed by atoms with Crippen molar-refractivity contribution in [1.29, 1.82) is 0 Å². The average Bonchev–Trinajstić information content (AvgIpc) is 3.02. The zero-order valence-electron chi connectivity index (χ0n) is 13.2. The lowest BCUT2D eigenvalue weighted by molar-refractivity contribution is -0.132. The molecule has 1 unspecified atom stereocenters. The lowest BCUT2D eigenvalue weighted by atomic mass is 10.1. The van der Waals surface area contributed by atoms with Crippen LogP contribution in [0.2, 0.25) is 0 Å². The Bertz CT molecular complexity index is 695. The Morgan fingerprint density at radius 1 is 1.30 bits per heavy atom. The van der Waals surface area contributed by atoms with Crippen LogP contribution >= 0.6 is 0 Å². The first-order valence-corrected chi connectivity index (χ1v) is 7.10. The van der Waals surface area contributed by atoms with Gasteiger partial charge in [0.15, 0.2) is 0 Å².